The highest BCUT2D eigenvalue weighted by Gasteiger charge is 2.47. The third kappa shape index (κ3) is 9.41. The normalized spacial score (nSPS) is 17.0. The summed E-state index contributed by atoms with van der Waals surface area (Å²) in [6.07, 6.45) is -4.64. The number of thioether (sulfide) groups is 1. The number of benzene rings is 1. The van der Waals surface area contributed by atoms with Crippen LogP contribution in [0.3, 0.4) is 0 Å². The maximum atomic E-state index is 15.3. The summed E-state index contributed by atoms with van der Waals surface area (Å²) in [6, 6.07) is 1.36. The number of allylic oxidation sites excluding steroid dienone is 1. The number of halogens is 6. The largest absolute Gasteiger partial charge is 0.478 e. The molecule has 2 heterocycles. The fourth-order valence-corrected chi connectivity index (χ4v) is 4.78. The zero-order valence-corrected chi connectivity index (χ0v) is 24.3. The van der Waals surface area contributed by atoms with Gasteiger partial charge in [0.2, 0.25) is 0 Å². The van der Waals surface area contributed by atoms with Crippen molar-refractivity contribution < 1.29 is 65.6 Å². The monoisotopic (exact) mass is 672 g/mol. The standard InChI is InChI=1S/C22H22ClF5N2O5S.C4H4O4/c1-33-20(31)16-13(6-24)30-14(7-34-5-4-29)17(21(32)35-10-8-36-9-10)18(16)15-12(25)3-2-11(23)19(15)22(26,27)28;5-3(6)1-2-4(7)8/h2-3,10,18,30H,4-9,29H2,1H3;1-2H,(H,5,6)(H,7,8). The van der Waals surface area contributed by atoms with Crippen LogP contribution < -0.4 is 11.1 Å². The van der Waals surface area contributed by atoms with Gasteiger partial charge in [-0.05, 0) is 12.1 Å². The van der Waals surface area contributed by atoms with Gasteiger partial charge in [-0.3, -0.25) is 0 Å². The number of carboxylic acid groups (broad SMARTS) is 2. The summed E-state index contributed by atoms with van der Waals surface area (Å²) in [5, 5.41) is 17.3. The zero-order valence-electron chi connectivity index (χ0n) is 22.7. The number of ether oxygens (including phenoxy) is 3. The predicted octanol–water partition coefficient (Wildman–Crippen LogP) is 3.18. The molecule has 0 spiro atoms. The van der Waals surface area contributed by atoms with Crippen LogP contribution >= 0.6 is 23.4 Å². The van der Waals surface area contributed by atoms with Gasteiger partial charge in [0.15, 0.2) is 0 Å². The van der Waals surface area contributed by atoms with E-state index >= 15 is 4.39 Å². The number of nitrogens with one attached hydrogen (secondary N) is 1. The average molecular weight is 673 g/mol. The van der Waals surface area contributed by atoms with Crippen molar-refractivity contribution in [3.05, 3.63) is 68.8 Å². The Labute approximate surface area is 255 Å². The predicted molar refractivity (Wildman–Crippen MR) is 146 cm³/mol. The molecule has 2 aliphatic heterocycles. The number of esters is 2. The minimum Gasteiger partial charge on any atom is -0.478 e. The minimum atomic E-state index is -5.20. The highest BCUT2D eigenvalue weighted by molar-refractivity contribution is 8.00. The second-order valence-electron chi connectivity index (χ2n) is 8.70. The lowest BCUT2D eigenvalue weighted by molar-refractivity contribution is -0.144. The third-order valence-corrected chi connectivity index (χ3v) is 7.29. The smallest absolute Gasteiger partial charge is 0.418 e. The zero-order chi connectivity index (χ0) is 33.2. The molecule has 18 heteroatoms. The molecule has 5 N–H and O–H groups in total. The van der Waals surface area contributed by atoms with Crippen molar-refractivity contribution in [1.82, 2.24) is 5.32 Å². The second-order valence-corrected chi connectivity index (χ2v) is 10.2. The van der Waals surface area contributed by atoms with Crippen molar-refractivity contribution in [2.75, 3.05) is 45.0 Å². The van der Waals surface area contributed by atoms with Gasteiger partial charge in [0.1, 0.15) is 18.6 Å². The quantitative estimate of drug-likeness (QED) is 0.117. The number of aliphatic carboxylic acids is 2. The summed E-state index contributed by atoms with van der Waals surface area (Å²) in [4.78, 5) is 45.2. The molecule has 0 amide bonds. The van der Waals surface area contributed by atoms with E-state index in [-0.39, 0.29) is 18.8 Å². The van der Waals surface area contributed by atoms with Crippen LogP contribution in [-0.4, -0.2) is 85.2 Å². The lowest BCUT2D eigenvalue weighted by atomic mass is 9.78. The van der Waals surface area contributed by atoms with Gasteiger partial charge in [-0.15, -0.1) is 0 Å². The number of carboxylic acids is 2. The van der Waals surface area contributed by atoms with Crippen molar-refractivity contribution in [3.8, 4) is 0 Å². The first-order valence-electron chi connectivity index (χ1n) is 12.3. The summed E-state index contributed by atoms with van der Waals surface area (Å²) in [5.41, 5.74) is 0.613. The van der Waals surface area contributed by atoms with E-state index in [1.165, 1.54) is 11.8 Å². The fourth-order valence-electron chi connectivity index (χ4n) is 3.94. The molecular weight excluding hydrogens is 647 g/mol. The number of alkyl halides is 4. The van der Waals surface area contributed by atoms with Gasteiger partial charge < -0.3 is 35.5 Å². The molecule has 1 saturated heterocycles. The Bertz CT molecular complexity index is 1350. The molecule has 0 aromatic heterocycles. The summed E-state index contributed by atoms with van der Waals surface area (Å²) >= 11 is 7.30. The average Bonchev–Trinajstić information content (AvgIpc) is 2.93. The number of hydrogen-bond acceptors (Lipinski definition) is 10. The molecule has 1 aromatic rings. The minimum absolute atomic E-state index is 0.0186. The van der Waals surface area contributed by atoms with E-state index in [9.17, 15) is 36.7 Å². The molecule has 0 aliphatic carbocycles. The number of nitrogens with two attached hydrogens (primary N) is 1. The lowest BCUT2D eigenvalue weighted by Gasteiger charge is -2.34. The Morgan fingerprint density at radius 3 is 2.14 bits per heavy atom. The number of carbonyl (C=O) groups is 4. The van der Waals surface area contributed by atoms with Gasteiger partial charge in [-0.2, -0.15) is 24.9 Å². The van der Waals surface area contributed by atoms with Crippen LogP contribution in [0.15, 0.2) is 46.8 Å². The van der Waals surface area contributed by atoms with E-state index in [2.05, 4.69) is 10.1 Å². The molecule has 0 radical (unpaired) electrons. The summed E-state index contributed by atoms with van der Waals surface area (Å²) in [7, 11) is 0.911. The third-order valence-electron chi connectivity index (χ3n) is 5.76. The molecule has 1 aromatic carbocycles. The van der Waals surface area contributed by atoms with Gasteiger partial charge in [0.05, 0.1) is 59.4 Å². The van der Waals surface area contributed by atoms with E-state index in [4.69, 9.17) is 37.0 Å². The summed E-state index contributed by atoms with van der Waals surface area (Å²) in [5.74, 6) is -7.55. The van der Waals surface area contributed by atoms with E-state index in [0.717, 1.165) is 7.11 Å². The van der Waals surface area contributed by atoms with E-state index < -0.39 is 94.2 Å². The number of dihydropyridines is 1. The number of methoxy groups -OCH3 is 1. The maximum absolute atomic E-state index is 15.3. The van der Waals surface area contributed by atoms with E-state index in [1.807, 2.05) is 0 Å². The Hall–Kier alpha value is -3.67. The molecule has 0 saturated carbocycles. The van der Waals surface area contributed by atoms with Gasteiger partial charge in [0.25, 0.3) is 0 Å². The van der Waals surface area contributed by atoms with Crippen molar-refractivity contribution in [3.63, 3.8) is 0 Å². The van der Waals surface area contributed by atoms with Crippen LogP contribution in [0.2, 0.25) is 5.02 Å². The van der Waals surface area contributed by atoms with Crippen LogP contribution in [0.1, 0.15) is 17.0 Å². The first-order chi connectivity index (χ1) is 20.7. The van der Waals surface area contributed by atoms with Gasteiger partial charge in [0, 0.05) is 35.8 Å². The maximum Gasteiger partial charge on any atom is 0.418 e. The molecule has 44 heavy (non-hydrogen) atoms. The van der Waals surface area contributed by atoms with Crippen LogP contribution in [0, 0.1) is 5.82 Å². The van der Waals surface area contributed by atoms with Crippen molar-refractivity contribution >= 4 is 47.2 Å². The van der Waals surface area contributed by atoms with E-state index in [0.29, 0.717) is 35.8 Å². The van der Waals surface area contributed by atoms with Crippen LogP contribution in [0.25, 0.3) is 0 Å². The Kier molecular flexibility index (Phi) is 13.6. The number of hydrogen-bond donors (Lipinski definition) is 4. The SMILES string of the molecule is COC(=O)C1=C(CF)NC(COCCN)=C(C(=O)OC2CSC2)C1c1c(F)ccc(Cl)c1C(F)(F)F.O=C(O)C=CC(=O)O. The second kappa shape index (κ2) is 16.4. The van der Waals surface area contributed by atoms with Crippen LogP contribution in [-0.2, 0) is 39.6 Å². The van der Waals surface area contributed by atoms with Crippen molar-refractivity contribution in [2.45, 2.75) is 18.2 Å². The summed E-state index contributed by atoms with van der Waals surface area (Å²) < 4.78 is 87.2. The molecule has 1 atom stereocenters. The molecule has 11 nitrogen and oxygen atoms in total. The molecule has 1 unspecified atom stereocenters. The molecule has 3 rings (SSSR count). The Balaban J connectivity index is 0.000000742. The molecular formula is C26H26ClF5N2O9S. The van der Waals surface area contributed by atoms with Crippen molar-refractivity contribution in [1.29, 1.82) is 0 Å². The fraction of sp³-hybridized carbons (Fsp3) is 0.385. The van der Waals surface area contributed by atoms with E-state index in [1.54, 1.807) is 0 Å². The highest BCUT2D eigenvalue weighted by Crippen LogP contribution is 2.48. The van der Waals surface area contributed by atoms with Crippen molar-refractivity contribution in [2.24, 2.45) is 5.73 Å². The topological polar surface area (TPSA) is 174 Å². The molecule has 0 bridgehead atoms. The van der Waals surface area contributed by atoms with Gasteiger partial charge >= 0.3 is 30.1 Å². The number of rotatable bonds is 11. The first-order valence-corrected chi connectivity index (χ1v) is 13.8. The molecule has 2 aliphatic rings. The van der Waals surface area contributed by atoms with Gasteiger partial charge in [-0.25, -0.2) is 28.0 Å². The van der Waals surface area contributed by atoms with Gasteiger partial charge in [-0.1, -0.05) is 11.6 Å². The highest BCUT2D eigenvalue weighted by atomic mass is 35.5. The summed E-state index contributed by atoms with van der Waals surface area (Å²) in [6.45, 7) is -1.78. The Morgan fingerprint density at radius 1 is 1.09 bits per heavy atom. The first kappa shape index (κ1) is 36.5. The van der Waals surface area contributed by atoms with Crippen LogP contribution in [0.5, 0.6) is 0 Å². The molecule has 1 fully saturated rings. The molecule has 242 valence electrons. The number of carbonyl (C=O) groups excluding carboxylic acids is 2. The van der Waals surface area contributed by atoms with Crippen LogP contribution in [0.4, 0.5) is 22.0 Å². The Morgan fingerprint density at radius 2 is 1.68 bits per heavy atom. The lowest BCUT2D eigenvalue weighted by Crippen LogP contribution is -2.39.